The SMILES string of the molecule is CCC(C)N1CCN(CC2CCCCCC2=O)CC1. The maximum absolute atomic E-state index is 12.1. The van der Waals surface area contributed by atoms with Gasteiger partial charge in [0.1, 0.15) is 5.78 Å². The number of rotatable bonds is 4. The Morgan fingerprint density at radius 1 is 1.16 bits per heavy atom. The number of carbonyl (C=O) groups is 1. The number of carbonyl (C=O) groups excluding carboxylic acids is 1. The third kappa shape index (κ3) is 4.28. The Hall–Kier alpha value is -0.410. The Morgan fingerprint density at radius 2 is 1.89 bits per heavy atom. The van der Waals surface area contributed by atoms with Crippen molar-refractivity contribution in [1.82, 2.24) is 9.80 Å². The van der Waals surface area contributed by atoms with E-state index in [1.165, 1.54) is 32.4 Å². The van der Waals surface area contributed by atoms with E-state index in [1.807, 2.05) is 0 Å². The van der Waals surface area contributed by atoms with Gasteiger partial charge in [-0.25, -0.2) is 0 Å². The Balaban J connectivity index is 1.77. The second-order valence-corrected chi connectivity index (χ2v) is 6.36. The van der Waals surface area contributed by atoms with Crippen LogP contribution in [0.3, 0.4) is 0 Å². The Labute approximate surface area is 118 Å². The van der Waals surface area contributed by atoms with Gasteiger partial charge in [-0.05, 0) is 26.2 Å². The Kier molecular flexibility index (Phi) is 5.83. The maximum Gasteiger partial charge on any atom is 0.137 e. The van der Waals surface area contributed by atoms with E-state index in [2.05, 4.69) is 23.6 Å². The van der Waals surface area contributed by atoms with E-state index in [-0.39, 0.29) is 0 Å². The highest BCUT2D eigenvalue weighted by atomic mass is 16.1. The van der Waals surface area contributed by atoms with Gasteiger partial charge in [0, 0.05) is 51.1 Å². The molecular weight excluding hydrogens is 236 g/mol. The fourth-order valence-corrected chi connectivity index (χ4v) is 3.38. The van der Waals surface area contributed by atoms with Crippen molar-refractivity contribution in [2.24, 2.45) is 5.92 Å². The zero-order chi connectivity index (χ0) is 13.7. The topological polar surface area (TPSA) is 23.6 Å². The van der Waals surface area contributed by atoms with E-state index >= 15 is 0 Å². The molecule has 0 aromatic rings. The Morgan fingerprint density at radius 3 is 2.58 bits per heavy atom. The molecular formula is C16H30N2O. The summed E-state index contributed by atoms with van der Waals surface area (Å²) in [6.45, 7) is 10.3. The molecule has 3 nitrogen and oxygen atoms in total. The van der Waals surface area contributed by atoms with Gasteiger partial charge in [0.2, 0.25) is 0 Å². The first-order chi connectivity index (χ1) is 9.20. The van der Waals surface area contributed by atoms with Crippen LogP contribution in [0.25, 0.3) is 0 Å². The van der Waals surface area contributed by atoms with Crippen LogP contribution < -0.4 is 0 Å². The Bertz CT molecular complexity index is 284. The van der Waals surface area contributed by atoms with E-state index in [1.54, 1.807) is 0 Å². The molecule has 2 aliphatic rings. The van der Waals surface area contributed by atoms with Gasteiger partial charge in [0.25, 0.3) is 0 Å². The van der Waals surface area contributed by atoms with Crippen LogP contribution in [0, 0.1) is 5.92 Å². The van der Waals surface area contributed by atoms with Crippen LogP contribution in [0.2, 0.25) is 0 Å². The van der Waals surface area contributed by atoms with Gasteiger partial charge in [-0.15, -0.1) is 0 Å². The first-order valence-corrected chi connectivity index (χ1v) is 8.19. The van der Waals surface area contributed by atoms with Crippen molar-refractivity contribution in [3.63, 3.8) is 0 Å². The molecule has 2 rings (SSSR count). The van der Waals surface area contributed by atoms with Gasteiger partial charge >= 0.3 is 0 Å². The summed E-state index contributed by atoms with van der Waals surface area (Å²) in [6, 6.07) is 0.710. The molecule has 3 heteroatoms. The fraction of sp³-hybridized carbons (Fsp3) is 0.938. The summed E-state index contributed by atoms with van der Waals surface area (Å²) in [5, 5.41) is 0. The molecule has 1 heterocycles. The number of piperazine rings is 1. The maximum atomic E-state index is 12.1. The first kappa shape index (κ1) is 15.0. The molecule has 0 bridgehead atoms. The van der Waals surface area contributed by atoms with Crippen LogP contribution >= 0.6 is 0 Å². The third-order valence-corrected chi connectivity index (χ3v) is 5.03. The molecule has 0 amide bonds. The molecule has 1 saturated carbocycles. The molecule has 19 heavy (non-hydrogen) atoms. The van der Waals surface area contributed by atoms with Crippen molar-refractivity contribution < 1.29 is 4.79 Å². The van der Waals surface area contributed by atoms with E-state index < -0.39 is 0 Å². The highest BCUT2D eigenvalue weighted by Gasteiger charge is 2.26. The van der Waals surface area contributed by atoms with Gasteiger partial charge < -0.3 is 4.90 Å². The zero-order valence-corrected chi connectivity index (χ0v) is 12.7. The second-order valence-electron chi connectivity index (χ2n) is 6.36. The molecule has 1 aliphatic carbocycles. The molecule has 0 radical (unpaired) electrons. The lowest BCUT2D eigenvalue weighted by Crippen LogP contribution is -2.50. The van der Waals surface area contributed by atoms with Gasteiger partial charge in [-0.2, -0.15) is 0 Å². The fourth-order valence-electron chi connectivity index (χ4n) is 3.38. The second kappa shape index (κ2) is 7.39. The molecule has 2 unspecified atom stereocenters. The van der Waals surface area contributed by atoms with Crippen LogP contribution in [0.1, 0.15) is 52.4 Å². The van der Waals surface area contributed by atoms with Crippen LogP contribution in [-0.4, -0.2) is 54.3 Å². The van der Waals surface area contributed by atoms with E-state index in [0.29, 0.717) is 17.7 Å². The van der Waals surface area contributed by atoms with Crippen molar-refractivity contribution >= 4 is 5.78 Å². The summed E-state index contributed by atoms with van der Waals surface area (Å²) in [6.07, 6.45) is 6.83. The summed E-state index contributed by atoms with van der Waals surface area (Å²) >= 11 is 0. The van der Waals surface area contributed by atoms with Gasteiger partial charge in [0.05, 0.1) is 0 Å². The zero-order valence-electron chi connectivity index (χ0n) is 12.7. The molecule has 0 spiro atoms. The van der Waals surface area contributed by atoms with Crippen LogP contribution in [0.15, 0.2) is 0 Å². The predicted molar refractivity (Wildman–Crippen MR) is 79.3 cm³/mol. The molecule has 1 aliphatic heterocycles. The minimum absolute atomic E-state index is 0.331. The third-order valence-electron chi connectivity index (χ3n) is 5.03. The summed E-state index contributed by atoms with van der Waals surface area (Å²) in [5.41, 5.74) is 0. The molecule has 2 atom stereocenters. The van der Waals surface area contributed by atoms with Gasteiger partial charge in [-0.3, -0.25) is 9.69 Å². The average Bonchev–Trinajstić information content (AvgIpc) is 2.64. The number of nitrogens with zero attached hydrogens (tertiary/aromatic N) is 2. The van der Waals surface area contributed by atoms with Crippen molar-refractivity contribution in [2.75, 3.05) is 32.7 Å². The summed E-state index contributed by atoms with van der Waals surface area (Å²) in [7, 11) is 0. The number of hydrogen-bond donors (Lipinski definition) is 0. The highest BCUT2D eigenvalue weighted by molar-refractivity contribution is 5.81. The van der Waals surface area contributed by atoms with Crippen molar-refractivity contribution in [2.45, 2.75) is 58.4 Å². The summed E-state index contributed by atoms with van der Waals surface area (Å²) in [4.78, 5) is 17.2. The number of ketones is 1. The van der Waals surface area contributed by atoms with E-state index in [0.717, 1.165) is 38.9 Å². The van der Waals surface area contributed by atoms with E-state index in [4.69, 9.17) is 0 Å². The first-order valence-electron chi connectivity index (χ1n) is 8.19. The smallest absolute Gasteiger partial charge is 0.137 e. The van der Waals surface area contributed by atoms with E-state index in [9.17, 15) is 4.79 Å². The lowest BCUT2D eigenvalue weighted by molar-refractivity contribution is -0.123. The number of hydrogen-bond acceptors (Lipinski definition) is 3. The normalized spacial score (nSPS) is 29.2. The van der Waals surface area contributed by atoms with Gasteiger partial charge in [-0.1, -0.05) is 19.8 Å². The van der Waals surface area contributed by atoms with Crippen molar-refractivity contribution in [3.05, 3.63) is 0 Å². The standard InChI is InChI=1S/C16H30N2O/c1-3-14(2)18-11-9-17(10-12-18)13-15-7-5-4-6-8-16(15)19/h14-15H,3-13H2,1-2H3. The minimum Gasteiger partial charge on any atom is -0.300 e. The highest BCUT2D eigenvalue weighted by Crippen LogP contribution is 2.21. The molecule has 2 fully saturated rings. The summed E-state index contributed by atoms with van der Waals surface area (Å²) in [5.74, 6) is 0.861. The van der Waals surface area contributed by atoms with Crippen LogP contribution in [0.5, 0.6) is 0 Å². The van der Waals surface area contributed by atoms with Gasteiger partial charge in [0.15, 0.2) is 0 Å². The van der Waals surface area contributed by atoms with Crippen molar-refractivity contribution in [3.8, 4) is 0 Å². The molecule has 110 valence electrons. The molecule has 0 aromatic heterocycles. The molecule has 0 N–H and O–H groups in total. The van der Waals surface area contributed by atoms with Crippen LogP contribution in [-0.2, 0) is 4.79 Å². The lowest BCUT2D eigenvalue weighted by atomic mass is 9.98. The monoisotopic (exact) mass is 266 g/mol. The quantitative estimate of drug-likeness (QED) is 0.731. The van der Waals surface area contributed by atoms with Crippen LogP contribution in [0.4, 0.5) is 0 Å². The lowest BCUT2D eigenvalue weighted by Gasteiger charge is -2.38. The van der Waals surface area contributed by atoms with Crippen molar-refractivity contribution in [1.29, 1.82) is 0 Å². The largest absolute Gasteiger partial charge is 0.300 e. The molecule has 0 aromatic carbocycles. The average molecular weight is 266 g/mol. The predicted octanol–water partition coefficient (Wildman–Crippen LogP) is 2.55. The minimum atomic E-state index is 0.331. The molecule has 1 saturated heterocycles. The summed E-state index contributed by atoms with van der Waals surface area (Å²) < 4.78 is 0. The number of Topliss-reactive ketones (excluding diaryl/α,β-unsaturated/α-hetero) is 1.